The molecule has 9 aromatic rings. The quantitative estimate of drug-likeness (QED) is 0.191. The summed E-state index contributed by atoms with van der Waals surface area (Å²) >= 11 is 0. The molecule has 2 aliphatic carbocycles. The molecule has 1 aromatic heterocycles. The fourth-order valence-corrected chi connectivity index (χ4v) is 8.89. The Hall–Kier alpha value is -6.64. The summed E-state index contributed by atoms with van der Waals surface area (Å²) in [5.41, 5.74) is 15.0. The monoisotopic (exact) mass is 646 g/mol. The second kappa shape index (κ2) is 10.7. The first-order valence-electron chi connectivity index (χ1n) is 17.6. The van der Waals surface area contributed by atoms with Crippen LogP contribution < -0.4 is 0 Å². The maximum Gasteiger partial charge on any atom is 0.160 e. The molecule has 0 aliphatic heterocycles. The molecule has 51 heavy (non-hydrogen) atoms. The highest BCUT2D eigenvalue weighted by Crippen LogP contribution is 2.64. The molecule has 236 valence electrons. The van der Waals surface area contributed by atoms with E-state index in [2.05, 4.69) is 176 Å². The van der Waals surface area contributed by atoms with E-state index in [4.69, 9.17) is 9.97 Å². The second-order valence-corrected chi connectivity index (χ2v) is 13.7. The van der Waals surface area contributed by atoms with Crippen molar-refractivity contribution in [1.82, 2.24) is 9.97 Å². The van der Waals surface area contributed by atoms with E-state index in [9.17, 15) is 0 Å². The molecule has 2 nitrogen and oxygen atoms in total. The van der Waals surface area contributed by atoms with Crippen molar-refractivity contribution in [3.63, 3.8) is 0 Å². The fourth-order valence-electron chi connectivity index (χ4n) is 8.89. The van der Waals surface area contributed by atoms with Crippen LogP contribution in [0.1, 0.15) is 22.3 Å². The van der Waals surface area contributed by atoms with Crippen LogP contribution in [0.15, 0.2) is 182 Å². The molecule has 1 spiro atoms. The zero-order valence-corrected chi connectivity index (χ0v) is 27.7. The van der Waals surface area contributed by atoms with Gasteiger partial charge in [-0.15, -0.1) is 0 Å². The number of nitrogens with zero attached hydrogens (tertiary/aromatic N) is 2. The zero-order valence-electron chi connectivity index (χ0n) is 27.7. The molecule has 0 amide bonds. The van der Waals surface area contributed by atoms with E-state index in [1.165, 1.54) is 66.1 Å². The highest BCUT2D eigenvalue weighted by atomic mass is 14.9. The smallest absolute Gasteiger partial charge is 0.160 e. The molecule has 2 aliphatic rings. The molecular weight excluding hydrogens is 617 g/mol. The topological polar surface area (TPSA) is 25.8 Å². The van der Waals surface area contributed by atoms with E-state index in [0.29, 0.717) is 0 Å². The standard InChI is InChI=1S/C49H30N2/c1-2-14-33(15-3-1)45-30-46(35-23-22-31-12-4-5-16-34(31)28-35)51-48(50-45)36-25-27-44-41(29-36)39-19-9-11-21-43(39)49(44)42-20-10-8-18-38(42)40-26-24-32-13-6-7-17-37(32)47(40)49/h1-30H. The van der Waals surface area contributed by atoms with Gasteiger partial charge in [0.25, 0.3) is 0 Å². The van der Waals surface area contributed by atoms with E-state index in [0.717, 1.165) is 33.9 Å². The van der Waals surface area contributed by atoms with Gasteiger partial charge in [0.2, 0.25) is 0 Å². The van der Waals surface area contributed by atoms with Gasteiger partial charge in [-0.2, -0.15) is 0 Å². The zero-order chi connectivity index (χ0) is 33.5. The first-order valence-corrected chi connectivity index (χ1v) is 17.6. The molecule has 1 atom stereocenters. The molecule has 0 N–H and O–H groups in total. The minimum Gasteiger partial charge on any atom is -0.228 e. The van der Waals surface area contributed by atoms with Gasteiger partial charge in [-0.25, -0.2) is 9.97 Å². The lowest BCUT2D eigenvalue weighted by atomic mass is 9.69. The largest absolute Gasteiger partial charge is 0.228 e. The summed E-state index contributed by atoms with van der Waals surface area (Å²) in [6, 6.07) is 66.0. The lowest BCUT2D eigenvalue weighted by molar-refractivity contribution is 0.801. The van der Waals surface area contributed by atoms with Crippen LogP contribution in [0.2, 0.25) is 0 Å². The Balaban J connectivity index is 1.17. The Morgan fingerprint density at radius 3 is 1.73 bits per heavy atom. The molecule has 0 saturated heterocycles. The van der Waals surface area contributed by atoms with Crippen molar-refractivity contribution in [2.75, 3.05) is 0 Å². The van der Waals surface area contributed by atoms with Gasteiger partial charge >= 0.3 is 0 Å². The van der Waals surface area contributed by atoms with Gasteiger partial charge < -0.3 is 0 Å². The van der Waals surface area contributed by atoms with Crippen molar-refractivity contribution in [3.05, 3.63) is 204 Å². The third kappa shape index (κ3) is 3.99. The van der Waals surface area contributed by atoms with Crippen LogP contribution in [0, 0.1) is 0 Å². The second-order valence-electron chi connectivity index (χ2n) is 13.7. The summed E-state index contributed by atoms with van der Waals surface area (Å²) in [5, 5.41) is 4.98. The van der Waals surface area contributed by atoms with E-state index >= 15 is 0 Å². The van der Waals surface area contributed by atoms with Crippen LogP contribution in [0.5, 0.6) is 0 Å². The van der Waals surface area contributed by atoms with Gasteiger partial charge in [-0.05, 0) is 84.3 Å². The van der Waals surface area contributed by atoms with Crippen LogP contribution in [0.25, 0.3) is 77.7 Å². The Morgan fingerprint density at radius 2 is 0.922 bits per heavy atom. The molecule has 8 aromatic carbocycles. The molecule has 1 heterocycles. The fraction of sp³-hybridized carbons (Fsp3) is 0.0204. The minimum atomic E-state index is -0.430. The number of fused-ring (bicyclic) bond motifs is 13. The van der Waals surface area contributed by atoms with Gasteiger partial charge in [-0.3, -0.25) is 0 Å². The predicted molar refractivity (Wildman–Crippen MR) is 210 cm³/mol. The average Bonchev–Trinajstić information content (AvgIpc) is 3.68. The Morgan fingerprint density at radius 1 is 0.333 bits per heavy atom. The molecule has 0 fully saturated rings. The van der Waals surface area contributed by atoms with Crippen LogP contribution in [0.4, 0.5) is 0 Å². The van der Waals surface area contributed by atoms with Crippen LogP contribution in [-0.4, -0.2) is 9.97 Å². The Bertz CT molecular complexity index is 2870. The third-order valence-electron chi connectivity index (χ3n) is 11.1. The van der Waals surface area contributed by atoms with Gasteiger partial charge in [0.05, 0.1) is 16.8 Å². The summed E-state index contributed by atoms with van der Waals surface area (Å²) < 4.78 is 0. The van der Waals surface area contributed by atoms with Crippen molar-refractivity contribution in [2.24, 2.45) is 0 Å². The summed E-state index contributed by atoms with van der Waals surface area (Å²) in [7, 11) is 0. The van der Waals surface area contributed by atoms with E-state index in [1.807, 2.05) is 6.07 Å². The van der Waals surface area contributed by atoms with E-state index in [1.54, 1.807) is 0 Å². The highest BCUT2D eigenvalue weighted by Gasteiger charge is 2.52. The molecule has 0 radical (unpaired) electrons. The first-order chi connectivity index (χ1) is 25.3. The lowest BCUT2D eigenvalue weighted by Crippen LogP contribution is -2.26. The number of aromatic nitrogens is 2. The Kier molecular flexibility index (Phi) is 5.91. The van der Waals surface area contributed by atoms with Gasteiger partial charge in [0.1, 0.15) is 0 Å². The maximum atomic E-state index is 5.28. The maximum absolute atomic E-state index is 5.28. The van der Waals surface area contributed by atoms with Gasteiger partial charge in [0, 0.05) is 16.7 Å². The highest BCUT2D eigenvalue weighted by molar-refractivity contribution is 6.04. The van der Waals surface area contributed by atoms with Crippen molar-refractivity contribution >= 4 is 21.5 Å². The summed E-state index contributed by atoms with van der Waals surface area (Å²) in [4.78, 5) is 10.5. The normalized spacial score (nSPS) is 15.1. The van der Waals surface area contributed by atoms with Crippen LogP contribution >= 0.6 is 0 Å². The van der Waals surface area contributed by atoms with Gasteiger partial charge in [-0.1, -0.05) is 164 Å². The van der Waals surface area contributed by atoms with Crippen molar-refractivity contribution in [1.29, 1.82) is 0 Å². The van der Waals surface area contributed by atoms with Crippen molar-refractivity contribution in [2.45, 2.75) is 5.41 Å². The van der Waals surface area contributed by atoms with Crippen molar-refractivity contribution < 1.29 is 0 Å². The number of rotatable bonds is 3. The summed E-state index contributed by atoms with van der Waals surface area (Å²) in [6.07, 6.45) is 0. The minimum absolute atomic E-state index is 0.430. The van der Waals surface area contributed by atoms with E-state index in [-0.39, 0.29) is 0 Å². The summed E-state index contributed by atoms with van der Waals surface area (Å²) in [5.74, 6) is 0.721. The molecule has 0 bridgehead atoms. The predicted octanol–water partition coefficient (Wildman–Crippen LogP) is 12.1. The number of hydrogen-bond donors (Lipinski definition) is 0. The van der Waals surface area contributed by atoms with Crippen LogP contribution in [-0.2, 0) is 5.41 Å². The Labute approximate surface area is 296 Å². The molecule has 0 saturated carbocycles. The number of benzene rings is 8. The van der Waals surface area contributed by atoms with E-state index < -0.39 is 5.41 Å². The molecular formula is C49H30N2. The SMILES string of the molecule is c1ccc(-c2cc(-c3ccc4ccccc4c3)nc(-c3ccc4c(c3)-c3ccccc3C43c4ccccc4-c4ccc5ccccc5c43)n2)cc1. The molecule has 1 unspecified atom stereocenters. The third-order valence-corrected chi connectivity index (χ3v) is 11.1. The lowest BCUT2D eigenvalue weighted by Gasteiger charge is -2.31. The summed E-state index contributed by atoms with van der Waals surface area (Å²) in [6.45, 7) is 0. The average molecular weight is 647 g/mol. The number of hydrogen-bond acceptors (Lipinski definition) is 2. The first kappa shape index (κ1) is 28.2. The van der Waals surface area contributed by atoms with Crippen LogP contribution in [0.3, 0.4) is 0 Å². The van der Waals surface area contributed by atoms with Crippen molar-refractivity contribution in [3.8, 4) is 56.2 Å². The van der Waals surface area contributed by atoms with Gasteiger partial charge in [0.15, 0.2) is 5.82 Å². The molecule has 11 rings (SSSR count). The molecule has 2 heteroatoms.